The number of hydrogen-bond donors (Lipinski definition) is 3. The molecule has 0 unspecified atom stereocenters. The van der Waals surface area contributed by atoms with E-state index < -0.39 is 0 Å². The van der Waals surface area contributed by atoms with E-state index in [1.807, 2.05) is 12.1 Å². The van der Waals surface area contributed by atoms with E-state index in [9.17, 15) is 4.79 Å². The highest BCUT2D eigenvalue weighted by molar-refractivity contribution is 6.22. The highest BCUT2D eigenvalue weighted by atomic mass is 16.3. The first-order valence-electron chi connectivity index (χ1n) is 6.34. The first kappa shape index (κ1) is 14.0. The van der Waals surface area contributed by atoms with Crippen molar-refractivity contribution in [1.82, 2.24) is 5.32 Å². The molecule has 2 rings (SSSR count). The highest BCUT2D eigenvalue weighted by Gasteiger charge is 2.15. The zero-order valence-electron chi connectivity index (χ0n) is 11.3. The van der Waals surface area contributed by atoms with Crippen LogP contribution in [0.5, 0.6) is 0 Å². The lowest BCUT2D eigenvalue weighted by atomic mass is 10.0. The van der Waals surface area contributed by atoms with Crippen molar-refractivity contribution in [2.45, 2.75) is 6.92 Å². The van der Waals surface area contributed by atoms with Crippen molar-refractivity contribution in [2.24, 2.45) is 4.99 Å². The van der Waals surface area contributed by atoms with Gasteiger partial charge in [-0.05, 0) is 42.8 Å². The Hall–Kier alpha value is -2.40. The first-order chi connectivity index (χ1) is 9.60. The number of anilines is 1. The molecule has 1 aliphatic rings. The van der Waals surface area contributed by atoms with Gasteiger partial charge in [-0.1, -0.05) is 0 Å². The lowest BCUT2D eigenvalue weighted by Gasteiger charge is -2.15. The Balaban J connectivity index is 2.32. The normalized spacial score (nSPS) is 16.9. The van der Waals surface area contributed by atoms with Gasteiger partial charge in [-0.15, -0.1) is 0 Å². The summed E-state index contributed by atoms with van der Waals surface area (Å²) in [5.41, 5.74) is 8.98. The van der Waals surface area contributed by atoms with Crippen molar-refractivity contribution in [3.8, 4) is 0 Å². The summed E-state index contributed by atoms with van der Waals surface area (Å²) in [7, 11) is 0. The van der Waals surface area contributed by atoms with Crippen molar-refractivity contribution in [2.75, 3.05) is 18.9 Å². The molecule has 0 saturated carbocycles. The van der Waals surface area contributed by atoms with Gasteiger partial charge in [0.25, 0.3) is 0 Å². The molecule has 0 heterocycles. The van der Waals surface area contributed by atoms with Crippen LogP contribution in [0.25, 0.3) is 0 Å². The van der Waals surface area contributed by atoms with E-state index in [-0.39, 0.29) is 12.4 Å². The molecule has 0 bridgehead atoms. The van der Waals surface area contributed by atoms with Crippen LogP contribution >= 0.6 is 0 Å². The molecule has 0 saturated heterocycles. The maximum atomic E-state index is 11.7. The minimum Gasteiger partial charge on any atom is -0.399 e. The van der Waals surface area contributed by atoms with Crippen molar-refractivity contribution < 1.29 is 9.90 Å². The van der Waals surface area contributed by atoms with Gasteiger partial charge in [-0.3, -0.25) is 4.79 Å². The van der Waals surface area contributed by atoms with Gasteiger partial charge < -0.3 is 16.2 Å². The predicted octanol–water partition coefficient (Wildman–Crippen LogP) is 1.34. The van der Waals surface area contributed by atoms with Crippen LogP contribution in [0.15, 0.2) is 52.7 Å². The molecule has 1 aliphatic carbocycles. The second kappa shape index (κ2) is 6.16. The van der Waals surface area contributed by atoms with Gasteiger partial charge in [0.15, 0.2) is 5.78 Å². The first-order valence-corrected chi connectivity index (χ1v) is 6.34. The summed E-state index contributed by atoms with van der Waals surface area (Å²) < 4.78 is 0. The molecule has 0 aliphatic heterocycles. The number of rotatable bonds is 4. The average Bonchev–Trinajstić information content (AvgIpc) is 2.43. The average molecular weight is 271 g/mol. The monoisotopic (exact) mass is 271 g/mol. The number of carbonyl (C=O) groups is 1. The number of allylic oxidation sites excluding steroid dienone is 3. The number of nitrogens with two attached hydrogens (primary N) is 1. The summed E-state index contributed by atoms with van der Waals surface area (Å²) >= 11 is 0. The predicted molar refractivity (Wildman–Crippen MR) is 79.9 cm³/mol. The highest BCUT2D eigenvalue weighted by Crippen LogP contribution is 2.18. The van der Waals surface area contributed by atoms with Gasteiger partial charge in [0.2, 0.25) is 0 Å². The summed E-state index contributed by atoms with van der Waals surface area (Å²) in [4.78, 5) is 16.2. The van der Waals surface area contributed by atoms with Crippen molar-refractivity contribution in [3.63, 3.8) is 0 Å². The van der Waals surface area contributed by atoms with Gasteiger partial charge in [0.05, 0.1) is 23.7 Å². The van der Waals surface area contributed by atoms with Crippen molar-refractivity contribution in [1.29, 1.82) is 0 Å². The standard InChI is InChI=1S/C15H17N3O2/c1-10-8-14(13(9-15(10)20)17-6-7-19)18-12-4-2-11(16)3-5-12/h2-5,8-9,17,19H,6-7,16H2,1H3. The third-order valence-corrected chi connectivity index (χ3v) is 2.86. The van der Waals surface area contributed by atoms with E-state index in [1.165, 1.54) is 6.08 Å². The molecule has 0 spiro atoms. The molecule has 1 aromatic rings. The van der Waals surface area contributed by atoms with Crippen LogP contribution in [-0.4, -0.2) is 29.8 Å². The molecule has 0 amide bonds. The number of nitrogen functional groups attached to an aromatic ring is 1. The number of aliphatic hydroxyl groups is 1. The van der Waals surface area contributed by atoms with Crippen LogP contribution in [0.3, 0.4) is 0 Å². The Kier molecular flexibility index (Phi) is 4.32. The molecule has 5 nitrogen and oxygen atoms in total. The van der Waals surface area contributed by atoms with E-state index in [4.69, 9.17) is 10.8 Å². The molecule has 4 N–H and O–H groups in total. The van der Waals surface area contributed by atoms with E-state index in [2.05, 4.69) is 10.3 Å². The zero-order chi connectivity index (χ0) is 14.5. The molecular formula is C15H17N3O2. The van der Waals surface area contributed by atoms with Crippen molar-refractivity contribution >= 4 is 22.9 Å². The minimum absolute atomic E-state index is 0.0105. The molecule has 0 aromatic heterocycles. The van der Waals surface area contributed by atoms with Crippen LogP contribution in [-0.2, 0) is 4.79 Å². The summed E-state index contributed by atoms with van der Waals surface area (Å²) in [6.07, 6.45) is 3.24. The molecule has 5 heteroatoms. The minimum atomic E-state index is -0.0540. The molecule has 20 heavy (non-hydrogen) atoms. The van der Waals surface area contributed by atoms with Gasteiger partial charge >= 0.3 is 0 Å². The van der Waals surface area contributed by atoms with E-state index in [0.717, 1.165) is 5.69 Å². The number of nitrogens with zero attached hydrogens (tertiary/aromatic N) is 1. The second-order valence-corrected chi connectivity index (χ2v) is 4.49. The summed E-state index contributed by atoms with van der Waals surface area (Å²) in [6, 6.07) is 7.17. The number of hydrogen-bond acceptors (Lipinski definition) is 5. The van der Waals surface area contributed by atoms with E-state index in [1.54, 1.807) is 25.1 Å². The fourth-order valence-electron chi connectivity index (χ4n) is 1.79. The quantitative estimate of drug-likeness (QED) is 0.569. The Morgan fingerprint density at radius 1 is 1.25 bits per heavy atom. The Bertz CT molecular complexity index is 598. The fraction of sp³-hybridized carbons (Fsp3) is 0.200. The number of carbonyl (C=O) groups excluding carboxylic acids is 1. The maximum Gasteiger partial charge on any atom is 0.183 e. The maximum absolute atomic E-state index is 11.7. The Labute approximate surface area is 117 Å². The topological polar surface area (TPSA) is 87.7 Å². The number of nitrogens with one attached hydrogen (secondary N) is 1. The Morgan fingerprint density at radius 3 is 2.60 bits per heavy atom. The van der Waals surface area contributed by atoms with Gasteiger partial charge in [0, 0.05) is 18.3 Å². The van der Waals surface area contributed by atoms with E-state index in [0.29, 0.717) is 29.2 Å². The number of benzene rings is 1. The van der Waals surface area contributed by atoms with E-state index >= 15 is 0 Å². The van der Waals surface area contributed by atoms with Gasteiger partial charge in [0.1, 0.15) is 0 Å². The largest absolute Gasteiger partial charge is 0.399 e. The number of ketones is 1. The number of aliphatic imine (C=N–C) groups is 1. The molecule has 0 fully saturated rings. The zero-order valence-corrected chi connectivity index (χ0v) is 11.3. The van der Waals surface area contributed by atoms with Crippen LogP contribution in [0.4, 0.5) is 11.4 Å². The number of aliphatic hydroxyl groups excluding tert-OH is 1. The van der Waals surface area contributed by atoms with Gasteiger partial charge in [-0.2, -0.15) is 0 Å². The lowest BCUT2D eigenvalue weighted by molar-refractivity contribution is -0.111. The fourth-order valence-corrected chi connectivity index (χ4v) is 1.79. The second-order valence-electron chi connectivity index (χ2n) is 4.49. The molecular weight excluding hydrogens is 254 g/mol. The third-order valence-electron chi connectivity index (χ3n) is 2.86. The molecule has 0 atom stereocenters. The SMILES string of the molecule is CC1=CC(=Nc2ccc(N)cc2)C(NCCO)=CC1=O. The van der Waals surface area contributed by atoms with Crippen LogP contribution in [0.2, 0.25) is 0 Å². The molecule has 1 aromatic carbocycles. The molecule has 104 valence electrons. The van der Waals surface area contributed by atoms with Gasteiger partial charge in [-0.25, -0.2) is 4.99 Å². The smallest absolute Gasteiger partial charge is 0.183 e. The van der Waals surface area contributed by atoms with Crippen LogP contribution < -0.4 is 11.1 Å². The van der Waals surface area contributed by atoms with Crippen molar-refractivity contribution in [3.05, 3.63) is 47.7 Å². The Morgan fingerprint density at radius 2 is 1.95 bits per heavy atom. The lowest BCUT2D eigenvalue weighted by Crippen LogP contribution is -2.26. The summed E-state index contributed by atoms with van der Waals surface area (Å²) in [6.45, 7) is 2.11. The van der Waals surface area contributed by atoms with Crippen LogP contribution in [0, 0.1) is 0 Å². The van der Waals surface area contributed by atoms with Crippen LogP contribution in [0.1, 0.15) is 6.92 Å². The third kappa shape index (κ3) is 3.33. The summed E-state index contributed by atoms with van der Waals surface area (Å²) in [5, 5.41) is 11.9. The molecule has 0 radical (unpaired) electrons. The summed E-state index contributed by atoms with van der Waals surface area (Å²) in [5.74, 6) is -0.0540.